The average Bonchev–Trinajstić information content (AvgIpc) is 3.11. The standard InChI is InChI=1S/C16H17ClF2N2O3/c17-11-3-1-9(2-4-11)13(10-5-6-16(18,19)7-10)21-14(22)12-8-20-15(23)24-12/h1-4,10,12-13H,5-8H2,(H,20,23)(H,21,22)/t10-,12+,13-/m1/s1. The maximum Gasteiger partial charge on any atom is 0.408 e. The zero-order valence-electron chi connectivity index (χ0n) is 12.7. The van der Waals surface area contributed by atoms with Gasteiger partial charge >= 0.3 is 6.09 Å². The first-order valence-corrected chi connectivity index (χ1v) is 8.10. The van der Waals surface area contributed by atoms with Crippen molar-refractivity contribution in [3.05, 3.63) is 34.9 Å². The monoisotopic (exact) mass is 358 g/mol. The fraction of sp³-hybridized carbons (Fsp3) is 0.500. The van der Waals surface area contributed by atoms with E-state index in [4.69, 9.17) is 16.3 Å². The van der Waals surface area contributed by atoms with Crippen LogP contribution in [0.4, 0.5) is 13.6 Å². The third-order valence-corrected chi connectivity index (χ3v) is 4.67. The summed E-state index contributed by atoms with van der Waals surface area (Å²) in [5, 5.41) is 5.68. The summed E-state index contributed by atoms with van der Waals surface area (Å²) in [6.07, 6.45) is -1.79. The van der Waals surface area contributed by atoms with E-state index in [0.717, 1.165) is 0 Å². The topological polar surface area (TPSA) is 67.4 Å². The number of hydrogen-bond donors (Lipinski definition) is 2. The molecule has 2 fully saturated rings. The molecule has 3 atom stereocenters. The van der Waals surface area contributed by atoms with Crippen LogP contribution in [0.1, 0.15) is 30.9 Å². The number of halogens is 3. The molecule has 1 saturated heterocycles. The lowest BCUT2D eigenvalue weighted by Gasteiger charge is -2.26. The predicted octanol–water partition coefficient (Wildman–Crippen LogP) is 3.04. The van der Waals surface area contributed by atoms with Gasteiger partial charge in [-0.1, -0.05) is 23.7 Å². The van der Waals surface area contributed by atoms with E-state index in [1.54, 1.807) is 24.3 Å². The first-order valence-electron chi connectivity index (χ1n) is 7.72. The van der Waals surface area contributed by atoms with E-state index in [1.165, 1.54) is 0 Å². The molecule has 1 saturated carbocycles. The highest BCUT2D eigenvalue weighted by Gasteiger charge is 2.44. The highest BCUT2D eigenvalue weighted by atomic mass is 35.5. The first-order chi connectivity index (χ1) is 11.3. The number of carbonyl (C=O) groups excluding carboxylic acids is 2. The lowest BCUT2D eigenvalue weighted by molar-refractivity contribution is -0.129. The molecule has 3 rings (SSSR count). The highest BCUT2D eigenvalue weighted by molar-refractivity contribution is 6.30. The molecule has 1 heterocycles. The molecule has 2 amide bonds. The fourth-order valence-corrected chi connectivity index (χ4v) is 3.32. The van der Waals surface area contributed by atoms with Gasteiger partial charge in [0.1, 0.15) is 0 Å². The van der Waals surface area contributed by atoms with Crippen molar-refractivity contribution >= 4 is 23.6 Å². The maximum absolute atomic E-state index is 13.6. The summed E-state index contributed by atoms with van der Waals surface area (Å²) in [6, 6.07) is 6.15. The zero-order valence-corrected chi connectivity index (χ0v) is 13.5. The van der Waals surface area contributed by atoms with Crippen LogP contribution in [0.25, 0.3) is 0 Å². The van der Waals surface area contributed by atoms with Crippen molar-refractivity contribution in [3.63, 3.8) is 0 Å². The number of alkyl halides is 2. The van der Waals surface area contributed by atoms with Crippen molar-refractivity contribution in [2.24, 2.45) is 5.92 Å². The summed E-state index contributed by atoms with van der Waals surface area (Å²) >= 11 is 5.87. The minimum Gasteiger partial charge on any atom is -0.434 e. The van der Waals surface area contributed by atoms with Crippen LogP contribution >= 0.6 is 11.6 Å². The van der Waals surface area contributed by atoms with Crippen molar-refractivity contribution in [3.8, 4) is 0 Å². The lowest BCUT2D eigenvalue weighted by Crippen LogP contribution is -2.41. The normalized spacial score (nSPS) is 26.5. The van der Waals surface area contributed by atoms with Gasteiger partial charge in [-0.15, -0.1) is 0 Å². The van der Waals surface area contributed by atoms with E-state index < -0.39 is 36.0 Å². The Labute approximate surface area is 142 Å². The summed E-state index contributed by atoms with van der Waals surface area (Å²) in [7, 11) is 0. The Morgan fingerprint density at radius 3 is 2.62 bits per heavy atom. The smallest absolute Gasteiger partial charge is 0.408 e. The van der Waals surface area contributed by atoms with Crippen LogP contribution in [-0.2, 0) is 9.53 Å². The minimum absolute atomic E-state index is 0.0683. The molecule has 1 aromatic carbocycles. The van der Waals surface area contributed by atoms with Crippen molar-refractivity contribution in [2.75, 3.05) is 6.54 Å². The molecule has 130 valence electrons. The van der Waals surface area contributed by atoms with Gasteiger partial charge in [-0.05, 0) is 30.0 Å². The molecule has 1 aliphatic carbocycles. The average molecular weight is 359 g/mol. The summed E-state index contributed by atoms with van der Waals surface area (Å²) < 4.78 is 32.1. The summed E-state index contributed by atoms with van der Waals surface area (Å²) in [4.78, 5) is 23.4. The largest absolute Gasteiger partial charge is 0.434 e. The lowest BCUT2D eigenvalue weighted by atomic mass is 9.91. The Morgan fingerprint density at radius 1 is 1.38 bits per heavy atom. The van der Waals surface area contributed by atoms with E-state index in [2.05, 4.69) is 10.6 Å². The molecular weight excluding hydrogens is 342 g/mol. The Bertz CT molecular complexity index is 639. The molecule has 1 aliphatic heterocycles. The van der Waals surface area contributed by atoms with Gasteiger partial charge in [0.05, 0.1) is 12.6 Å². The second-order valence-electron chi connectivity index (χ2n) is 6.17. The summed E-state index contributed by atoms with van der Waals surface area (Å²) in [5.41, 5.74) is 0.702. The first kappa shape index (κ1) is 17.0. The third-order valence-electron chi connectivity index (χ3n) is 4.41. The molecule has 0 unspecified atom stereocenters. The van der Waals surface area contributed by atoms with Crippen LogP contribution in [0.5, 0.6) is 0 Å². The van der Waals surface area contributed by atoms with Crippen molar-refractivity contribution < 1.29 is 23.1 Å². The van der Waals surface area contributed by atoms with E-state index in [0.29, 0.717) is 17.0 Å². The second-order valence-corrected chi connectivity index (χ2v) is 6.61. The van der Waals surface area contributed by atoms with Crippen molar-refractivity contribution in [2.45, 2.75) is 37.3 Å². The van der Waals surface area contributed by atoms with Crippen LogP contribution in [0.15, 0.2) is 24.3 Å². The number of hydrogen-bond acceptors (Lipinski definition) is 3. The number of rotatable bonds is 4. The van der Waals surface area contributed by atoms with Gasteiger partial charge in [0.15, 0.2) is 6.10 Å². The van der Waals surface area contributed by atoms with Gasteiger partial charge in [0.25, 0.3) is 5.91 Å². The second kappa shape index (κ2) is 6.55. The quantitative estimate of drug-likeness (QED) is 0.869. The van der Waals surface area contributed by atoms with Crippen molar-refractivity contribution in [1.82, 2.24) is 10.6 Å². The maximum atomic E-state index is 13.6. The minimum atomic E-state index is -2.72. The summed E-state index contributed by atoms with van der Waals surface area (Å²) in [5.74, 6) is -3.61. The molecule has 24 heavy (non-hydrogen) atoms. The Hall–Kier alpha value is -1.89. The summed E-state index contributed by atoms with van der Waals surface area (Å²) in [6.45, 7) is 0.0683. The number of cyclic esters (lactones) is 1. The molecule has 1 aromatic rings. The van der Waals surface area contributed by atoms with E-state index in [-0.39, 0.29) is 19.4 Å². The van der Waals surface area contributed by atoms with Gasteiger partial charge in [-0.3, -0.25) is 4.79 Å². The van der Waals surface area contributed by atoms with E-state index in [1.807, 2.05) is 0 Å². The zero-order chi connectivity index (χ0) is 17.3. The molecule has 8 heteroatoms. The van der Waals surface area contributed by atoms with Gasteiger partial charge in [0, 0.05) is 17.9 Å². The Kier molecular flexibility index (Phi) is 4.62. The molecule has 0 radical (unpaired) electrons. The molecule has 0 spiro atoms. The third kappa shape index (κ3) is 3.77. The SMILES string of the molecule is O=C1NC[C@@H](C(=O)N[C@H](c2ccc(Cl)cc2)[C@@H]2CCC(F)(F)C2)O1. The number of ether oxygens (including phenoxy) is 1. The highest BCUT2D eigenvalue weighted by Crippen LogP contribution is 2.44. The van der Waals surface area contributed by atoms with Crippen LogP contribution in [0.3, 0.4) is 0 Å². The van der Waals surface area contributed by atoms with Crippen LogP contribution < -0.4 is 10.6 Å². The molecule has 0 bridgehead atoms. The van der Waals surface area contributed by atoms with Crippen LogP contribution in [0.2, 0.25) is 5.02 Å². The van der Waals surface area contributed by atoms with E-state index in [9.17, 15) is 18.4 Å². The number of nitrogens with one attached hydrogen (secondary N) is 2. The van der Waals surface area contributed by atoms with Crippen LogP contribution in [-0.4, -0.2) is 30.6 Å². The number of alkyl carbamates (subject to hydrolysis) is 1. The van der Waals surface area contributed by atoms with E-state index >= 15 is 0 Å². The van der Waals surface area contributed by atoms with Crippen molar-refractivity contribution in [1.29, 1.82) is 0 Å². The van der Waals surface area contributed by atoms with Gasteiger partial charge in [0.2, 0.25) is 5.92 Å². The fourth-order valence-electron chi connectivity index (χ4n) is 3.19. The van der Waals surface area contributed by atoms with Gasteiger partial charge in [-0.25, -0.2) is 13.6 Å². The molecule has 2 aliphatic rings. The van der Waals surface area contributed by atoms with Gasteiger partial charge in [-0.2, -0.15) is 0 Å². The Morgan fingerprint density at radius 2 is 2.08 bits per heavy atom. The molecule has 2 N–H and O–H groups in total. The molecule has 5 nitrogen and oxygen atoms in total. The number of carbonyl (C=O) groups is 2. The molecule has 0 aromatic heterocycles. The predicted molar refractivity (Wildman–Crippen MR) is 82.9 cm³/mol. The van der Waals surface area contributed by atoms with Gasteiger partial charge < -0.3 is 15.4 Å². The Balaban J connectivity index is 1.78. The van der Waals surface area contributed by atoms with Crippen LogP contribution in [0, 0.1) is 5.92 Å². The number of amides is 2. The number of benzene rings is 1. The molecular formula is C16H17ClF2N2O3.